The lowest BCUT2D eigenvalue weighted by Gasteiger charge is -1.88. The minimum Gasteiger partial charge on any atom is -0.287 e. The monoisotopic (exact) mass is 167 g/mol. The van der Waals surface area contributed by atoms with Crippen molar-refractivity contribution >= 4 is 11.5 Å². The van der Waals surface area contributed by atoms with Gasteiger partial charge in [0.2, 0.25) is 5.78 Å². The minimum absolute atomic E-state index is 0.144. The second-order valence-corrected chi connectivity index (χ2v) is 1.96. The fourth-order valence-electron chi connectivity index (χ4n) is 0.702. The molecule has 0 bridgehead atoms. The summed E-state index contributed by atoms with van der Waals surface area (Å²) in [4.78, 5) is 20.5. The topological polar surface area (TPSA) is 88.9 Å². The van der Waals surface area contributed by atoms with Crippen LogP contribution in [0.25, 0.3) is 0 Å². The Morgan fingerprint density at radius 1 is 1.83 bits per heavy atom. The van der Waals surface area contributed by atoms with Crippen LogP contribution < -0.4 is 0 Å². The van der Waals surface area contributed by atoms with Crippen LogP contribution in [0.15, 0.2) is 18.9 Å². The normalized spacial score (nSPS) is 9.33. The van der Waals surface area contributed by atoms with E-state index < -0.39 is 10.7 Å². The van der Waals surface area contributed by atoms with E-state index in [0.717, 1.165) is 12.3 Å². The molecule has 0 atom stereocenters. The third-order valence-electron chi connectivity index (χ3n) is 1.25. The summed E-state index contributed by atoms with van der Waals surface area (Å²) < 4.78 is 0. The van der Waals surface area contributed by atoms with Gasteiger partial charge in [0.25, 0.3) is 0 Å². The number of carbonyl (C=O) groups excluding carboxylic acids is 1. The zero-order valence-corrected chi connectivity index (χ0v) is 5.98. The van der Waals surface area contributed by atoms with Crippen molar-refractivity contribution in [3.05, 3.63) is 34.7 Å². The molecule has 0 saturated carbocycles. The van der Waals surface area contributed by atoms with Gasteiger partial charge in [-0.3, -0.25) is 20.0 Å². The number of allylic oxidation sites excluding steroid dienone is 1. The zero-order valence-electron chi connectivity index (χ0n) is 5.98. The van der Waals surface area contributed by atoms with E-state index in [2.05, 4.69) is 16.8 Å². The molecule has 0 saturated heterocycles. The highest BCUT2D eigenvalue weighted by molar-refractivity contribution is 6.05. The van der Waals surface area contributed by atoms with Crippen LogP contribution in [0, 0.1) is 10.1 Å². The Labute approximate surface area is 67.0 Å². The van der Waals surface area contributed by atoms with Gasteiger partial charge < -0.3 is 0 Å². The summed E-state index contributed by atoms with van der Waals surface area (Å²) in [6, 6.07) is 0. The van der Waals surface area contributed by atoms with Crippen LogP contribution in [0.1, 0.15) is 10.5 Å². The number of hydrogen-bond acceptors (Lipinski definition) is 4. The van der Waals surface area contributed by atoms with Gasteiger partial charge in [-0.1, -0.05) is 6.58 Å². The predicted octanol–water partition coefficient (Wildman–Crippen LogP) is 0.687. The average Bonchev–Trinajstić information content (AvgIpc) is 2.50. The highest BCUT2D eigenvalue weighted by atomic mass is 16.6. The lowest BCUT2D eigenvalue weighted by molar-refractivity contribution is -0.385. The number of carbonyl (C=O) groups is 1. The molecule has 0 aliphatic heterocycles. The first kappa shape index (κ1) is 8.12. The van der Waals surface area contributed by atoms with E-state index >= 15 is 0 Å². The smallest absolute Gasteiger partial charge is 0.287 e. The average molecular weight is 167 g/mol. The number of nitro groups is 1. The lowest BCUT2D eigenvalue weighted by atomic mass is 10.2. The van der Waals surface area contributed by atoms with Gasteiger partial charge in [0, 0.05) is 0 Å². The number of H-pyrrole nitrogens is 1. The molecule has 0 fully saturated rings. The first-order chi connectivity index (χ1) is 5.66. The molecule has 0 spiro atoms. The second kappa shape index (κ2) is 2.95. The highest BCUT2D eigenvalue weighted by Crippen LogP contribution is 2.14. The molecular weight excluding hydrogens is 162 g/mol. The van der Waals surface area contributed by atoms with Crippen molar-refractivity contribution in [1.29, 1.82) is 0 Å². The first-order valence-corrected chi connectivity index (χ1v) is 3.01. The van der Waals surface area contributed by atoms with E-state index in [9.17, 15) is 14.9 Å². The van der Waals surface area contributed by atoms with Crippen molar-refractivity contribution in [2.75, 3.05) is 0 Å². The summed E-state index contributed by atoms with van der Waals surface area (Å²) in [5.74, 6) is -0.542. The van der Waals surface area contributed by atoms with Gasteiger partial charge in [0.05, 0.1) is 4.92 Å². The van der Waals surface area contributed by atoms with Gasteiger partial charge in [-0.2, -0.15) is 5.10 Å². The molecule has 6 heteroatoms. The van der Waals surface area contributed by atoms with Gasteiger partial charge in [-0.05, 0) is 6.08 Å². The molecule has 12 heavy (non-hydrogen) atoms. The quantitative estimate of drug-likeness (QED) is 0.310. The minimum atomic E-state index is -0.680. The van der Waals surface area contributed by atoms with Gasteiger partial charge in [0.1, 0.15) is 6.20 Å². The third-order valence-corrected chi connectivity index (χ3v) is 1.25. The number of ketones is 1. The molecule has 62 valence electrons. The molecule has 1 aromatic rings. The number of nitrogens with one attached hydrogen (secondary N) is 1. The fraction of sp³-hybridized carbons (Fsp3) is 0. The third kappa shape index (κ3) is 1.22. The van der Waals surface area contributed by atoms with Gasteiger partial charge >= 0.3 is 5.69 Å². The van der Waals surface area contributed by atoms with E-state index in [0.29, 0.717) is 0 Å². The predicted molar refractivity (Wildman–Crippen MR) is 39.8 cm³/mol. The molecule has 0 radical (unpaired) electrons. The van der Waals surface area contributed by atoms with E-state index in [1.165, 1.54) is 0 Å². The maximum absolute atomic E-state index is 10.9. The fourth-order valence-corrected chi connectivity index (χ4v) is 0.702. The Morgan fingerprint density at radius 2 is 2.50 bits per heavy atom. The van der Waals surface area contributed by atoms with Crippen molar-refractivity contribution < 1.29 is 9.72 Å². The number of aromatic nitrogens is 2. The lowest BCUT2D eigenvalue weighted by Crippen LogP contribution is -1.99. The van der Waals surface area contributed by atoms with Crippen LogP contribution in [0.2, 0.25) is 0 Å². The van der Waals surface area contributed by atoms with Gasteiger partial charge in [-0.25, -0.2) is 0 Å². The summed E-state index contributed by atoms with van der Waals surface area (Å²) in [6.45, 7) is 3.20. The van der Waals surface area contributed by atoms with Crippen molar-refractivity contribution in [3.8, 4) is 0 Å². The van der Waals surface area contributed by atoms with Crippen LogP contribution in [-0.4, -0.2) is 20.9 Å². The summed E-state index contributed by atoms with van der Waals surface area (Å²) in [6.07, 6.45) is 1.97. The Balaban J connectivity index is 3.15. The number of rotatable bonds is 3. The Morgan fingerprint density at radius 3 is 3.00 bits per heavy atom. The van der Waals surface area contributed by atoms with Crippen LogP contribution >= 0.6 is 0 Å². The van der Waals surface area contributed by atoms with Crippen molar-refractivity contribution in [2.45, 2.75) is 0 Å². The van der Waals surface area contributed by atoms with E-state index in [-0.39, 0.29) is 11.4 Å². The van der Waals surface area contributed by atoms with Crippen molar-refractivity contribution in [3.63, 3.8) is 0 Å². The molecule has 0 aliphatic rings. The van der Waals surface area contributed by atoms with E-state index in [4.69, 9.17) is 0 Å². The molecule has 1 rings (SSSR count). The summed E-state index contributed by atoms with van der Waals surface area (Å²) in [7, 11) is 0. The van der Waals surface area contributed by atoms with Crippen molar-refractivity contribution in [2.24, 2.45) is 0 Å². The highest BCUT2D eigenvalue weighted by Gasteiger charge is 2.19. The summed E-state index contributed by atoms with van der Waals surface area (Å²) in [5, 5.41) is 15.9. The molecule has 1 N–H and O–H groups in total. The molecular formula is C6H5N3O3. The number of aromatic amines is 1. The SMILES string of the molecule is C=CC(=O)c1[nH]ncc1[N+](=O)[O-]. The zero-order chi connectivity index (χ0) is 9.14. The first-order valence-electron chi connectivity index (χ1n) is 3.01. The summed E-state index contributed by atoms with van der Waals surface area (Å²) >= 11 is 0. The van der Waals surface area contributed by atoms with Crippen LogP contribution in [-0.2, 0) is 0 Å². The molecule has 0 unspecified atom stereocenters. The molecule has 1 heterocycles. The van der Waals surface area contributed by atoms with Crippen LogP contribution in [0.4, 0.5) is 5.69 Å². The van der Waals surface area contributed by atoms with Crippen molar-refractivity contribution in [1.82, 2.24) is 10.2 Å². The van der Waals surface area contributed by atoms with Crippen LogP contribution in [0.3, 0.4) is 0 Å². The van der Waals surface area contributed by atoms with Gasteiger partial charge in [-0.15, -0.1) is 0 Å². The summed E-state index contributed by atoms with van der Waals surface area (Å²) in [5.41, 5.74) is -0.477. The molecule has 0 aliphatic carbocycles. The molecule has 0 aromatic carbocycles. The Bertz CT molecular complexity index is 342. The van der Waals surface area contributed by atoms with E-state index in [1.807, 2.05) is 0 Å². The molecule has 6 nitrogen and oxygen atoms in total. The van der Waals surface area contributed by atoms with E-state index in [1.54, 1.807) is 0 Å². The molecule has 1 aromatic heterocycles. The molecule has 0 amide bonds. The maximum atomic E-state index is 10.9. The maximum Gasteiger partial charge on any atom is 0.318 e. The standard InChI is InChI=1S/C6H5N3O3/c1-2-5(10)6-4(9(11)12)3-7-8-6/h2-3H,1H2,(H,7,8). The number of nitrogens with zero attached hydrogens (tertiary/aromatic N) is 2. The Hall–Kier alpha value is -1.98. The van der Waals surface area contributed by atoms with Crippen LogP contribution in [0.5, 0.6) is 0 Å². The van der Waals surface area contributed by atoms with Gasteiger partial charge in [0.15, 0.2) is 5.69 Å². The number of hydrogen-bond donors (Lipinski definition) is 1. The second-order valence-electron chi connectivity index (χ2n) is 1.96. The Kier molecular flexibility index (Phi) is 2.00. The largest absolute Gasteiger partial charge is 0.318 e.